The van der Waals surface area contributed by atoms with Crippen molar-refractivity contribution in [3.05, 3.63) is 18.2 Å². The SMILES string of the molecule is CCC(CC=O)n1cnc(C)c1. The van der Waals surface area contributed by atoms with Gasteiger partial charge >= 0.3 is 0 Å². The summed E-state index contributed by atoms with van der Waals surface area (Å²) in [6.07, 6.45) is 6.26. The van der Waals surface area contributed by atoms with Crippen LogP contribution >= 0.6 is 0 Å². The van der Waals surface area contributed by atoms with Crippen LogP contribution in [0.2, 0.25) is 0 Å². The quantitative estimate of drug-likeness (QED) is 0.638. The highest BCUT2D eigenvalue weighted by molar-refractivity contribution is 5.50. The fourth-order valence-corrected chi connectivity index (χ4v) is 1.25. The van der Waals surface area contributed by atoms with Crippen molar-refractivity contribution in [2.24, 2.45) is 0 Å². The Kier molecular flexibility index (Phi) is 3.02. The van der Waals surface area contributed by atoms with E-state index < -0.39 is 0 Å². The van der Waals surface area contributed by atoms with Gasteiger partial charge in [-0.25, -0.2) is 4.98 Å². The van der Waals surface area contributed by atoms with E-state index in [0.29, 0.717) is 6.42 Å². The van der Waals surface area contributed by atoms with Gasteiger partial charge in [-0.1, -0.05) is 6.92 Å². The van der Waals surface area contributed by atoms with Crippen LogP contribution in [0.1, 0.15) is 31.5 Å². The summed E-state index contributed by atoms with van der Waals surface area (Å²) in [6, 6.07) is 0.281. The van der Waals surface area contributed by atoms with Gasteiger partial charge in [-0.05, 0) is 13.3 Å². The van der Waals surface area contributed by atoms with Gasteiger partial charge in [0.05, 0.1) is 12.0 Å². The highest BCUT2D eigenvalue weighted by Crippen LogP contribution is 2.14. The molecule has 0 amide bonds. The van der Waals surface area contributed by atoms with Crippen molar-refractivity contribution in [3.8, 4) is 0 Å². The zero-order valence-corrected chi connectivity index (χ0v) is 7.53. The van der Waals surface area contributed by atoms with Gasteiger partial charge in [0.2, 0.25) is 0 Å². The van der Waals surface area contributed by atoms with E-state index in [9.17, 15) is 4.79 Å². The molecule has 0 fully saturated rings. The van der Waals surface area contributed by atoms with Gasteiger partial charge in [0, 0.05) is 18.7 Å². The van der Waals surface area contributed by atoms with Crippen molar-refractivity contribution >= 4 is 6.29 Å². The Morgan fingerprint density at radius 1 is 1.75 bits per heavy atom. The van der Waals surface area contributed by atoms with Gasteiger partial charge in [0.15, 0.2) is 0 Å². The van der Waals surface area contributed by atoms with Crippen LogP contribution in [0.15, 0.2) is 12.5 Å². The zero-order chi connectivity index (χ0) is 8.97. The largest absolute Gasteiger partial charge is 0.334 e. The molecule has 0 saturated heterocycles. The van der Waals surface area contributed by atoms with Crippen LogP contribution in [0.3, 0.4) is 0 Å². The molecule has 66 valence electrons. The van der Waals surface area contributed by atoms with Crippen LogP contribution in [-0.2, 0) is 4.79 Å². The first-order valence-electron chi connectivity index (χ1n) is 4.21. The van der Waals surface area contributed by atoms with E-state index in [0.717, 1.165) is 18.4 Å². The molecule has 1 heterocycles. The van der Waals surface area contributed by atoms with Crippen LogP contribution in [0.25, 0.3) is 0 Å². The average Bonchev–Trinajstić information content (AvgIpc) is 2.47. The number of nitrogens with zero attached hydrogens (tertiary/aromatic N) is 2. The van der Waals surface area contributed by atoms with E-state index in [4.69, 9.17) is 0 Å². The van der Waals surface area contributed by atoms with Crippen molar-refractivity contribution in [2.45, 2.75) is 32.7 Å². The molecule has 0 bridgehead atoms. The van der Waals surface area contributed by atoms with Gasteiger partial charge < -0.3 is 9.36 Å². The molecule has 12 heavy (non-hydrogen) atoms. The molecule has 0 N–H and O–H groups in total. The second-order valence-electron chi connectivity index (χ2n) is 2.93. The molecule has 1 atom stereocenters. The fraction of sp³-hybridized carbons (Fsp3) is 0.556. The van der Waals surface area contributed by atoms with Crippen molar-refractivity contribution < 1.29 is 4.79 Å². The molecular weight excluding hydrogens is 152 g/mol. The molecule has 3 heteroatoms. The molecule has 0 aliphatic rings. The van der Waals surface area contributed by atoms with Gasteiger partial charge in [-0.3, -0.25) is 0 Å². The number of aryl methyl sites for hydroxylation is 1. The molecule has 0 aliphatic carbocycles. The van der Waals surface area contributed by atoms with Gasteiger partial charge in [-0.2, -0.15) is 0 Å². The summed E-state index contributed by atoms with van der Waals surface area (Å²) in [5, 5.41) is 0. The number of carbonyl (C=O) groups is 1. The van der Waals surface area contributed by atoms with E-state index in [2.05, 4.69) is 11.9 Å². The van der Waals surface area contributed by atoms with Crippen molar-refractivity contribution in [1.29, 1.82) is 0 Å². The summed E-state index contributed by atoms with van der Waals surface area (Å²) in [7, 11) is 0. The second kappa shape index (κ2) is 4.04. The molecule has 1 aromatic rings. The second-order valence-corrected chi connectivity index (χ2v) is 2.93. The first-order chi connectivity index (χ1) is 5.77. The van der Waals surface area contributed by atoms with Crippen molar-refractivity contribution in [2.75, 3.05) is 0 Å². The topological polar surface area (TPSA) is 34.9 Å². The highest BCUT2D eigenvalue weighted by atomic mass is 16.1. The van der Waals surface area contributed by atoms with Gasteiger partial charge in [0.1, 0.15) is 6.29 Å². The fourth-order valence-electron chi connectivity index (χ4n) is 1.25. The Balaban J connectivity index is 2.72. The maximum Gasteiger partial charge on any atom is 0.122 e. The lowest BCUT2D eigenvalue weighted by Crippen LogP contribution is -2.05. The minimum absolute atomic E-state index is 0.281. The summed E-state index contributed by atoms with van der Waals surface area (Å²) in [5.41, 5.74) is 0.999. The normalized spacial score (nSPS) is 12.8. The first kappa shape index (κ1) is 8.97. The van der Waals surface area contributed by atoms with Crippen LogP contribution in [-0.4, -0.2) is 15.8 Å². The lowest BCUT2D eigenvalue weighted by atomic mass is 10.2. The number of hydrogen-bond donors (Lipinski definition) is 0. The Labute approximate surface area is 72.4 Å². The Hall–Kier alpha value is -1.12. The molecule has 1 rings (SSSR count). The monoisotopic (exact) mass is 166 g/mol. The van der Waals surface area contributed by atoms with Crippen LogP contribution in [0.4, 0.5) is 0 Å². The average molecular weight is 166 g/mol. The lowest BCUT2D eigenvalue weighted by Gasteiger charge is -2.12. The Morgan fingerprint density at radius 3 is 2.92 bits per heavy atom. The first-order valence-corrected chi connectivity index (χ1v) is 4.21. The predicted octanol–water partition coefficient (Wildman–Crippen LogP) is 1.73. The predicted molar refractivity (Wildman–Crippen MR) is 47.0 cm³/mol. The molecule has 1 aromatic heterocycles. The molecular formula is C9H14N2O. The summed E-state index contributed by atoms with van der Waals surface area (Å²) < 4.78 is 2.00. The van der Waals surface area contributed by atoms with Gasteiger partial charge in [-0.15, -0.1) is 0 Å². The third-order valence-electron chi connectivity index (χ3n) is 1.99. The zero-order valence-electron chi connectivity index (χ0n) is 7.53. The molecule has 3 nitrogen and oxygen atoms in total. The van der Waals surface area contributed by atoms with E-state index in [1.165, 1.54) is 0 Å². The lowest BCUT2D eigenvalue weighted by molar-refractivity contribution is -0.108. The number of aromatic nitrogens is 2. The Morgan fingerprint density at radius 2 is 2.50 bits per heavy atom. The van der Waals surface area contributed by atoms with E-state index >= 15 is 0 Å². The molecule has 0 radical (unpaired) electrons. The van der Waals surface area contributed by atoms with Crippen molar-refractivity contribution in [1.82, 2.24) is 9.55 Å². The summed E-state index contributed by atoms with van der Waals surface area (Å²) >= 11 is 0. The molecule has 0 spiro atoms. The minimum atomic E-state index is 0.281. The number of carbonyl (C=O) groups excluding carboxylic acids is 1. The number of hydrogen-bond acceptors (Lipinski definition) is 2. The van der Waals surface area contributed by atoms with Crippen LogP contribution in [0.5, 0.6) is 0 Å². The Bertz CT molecular complexity index is 255. The number of rotatable bonds is 4. The molecule has 0 aliphatic heterocycles. The number of aldehydes is 1. The summed E-state index contributed by atoms with van der Waals surface area (Å²) in [6.45, 7) is 4.02. The maximum atomic E-state index is 10.3. The molecule has 0 saturated carbocycles. The van der Waals surface area contributed by atoms with Gasteiger partial charge in [0.25, 0.3) is 0 Å². The van der Waals surface area contributed by atoms with Crippen molar-refractivity contribution in [3.63, 3.8) is 0 Å². The third kappa shape index (κ3) is 1.94. The summed E-state index contributed by atoms with van der Waals surface area (Å²) in [4.78, 5) is 14.4. The standard InChI is InChI=1S/C9H14N2O/c1-3-9(4-5-12)11-6-8(2)10-7-11/h5-7,9H,3-4H2,1-2H3. The number of imidazole rings is 1. The maximum absolute atomic E-state index is 10.3. The minimum Gasteiger partial charge on any atom is -0.334 e. The summed E-state index contributed by atoms with van der Waals surface area (Å²) in [5.74, 6) is 0. The molecule has 1 unspecified atom stereocenters. The molecule has 0 aromatic carbocycles. The van der Waals surface area contributed by atoms with E-state index in [1.807, 2.05) is 17.7 Å². The van der Waals surface area contributed by atoms with E-state index in [-0.39, 0.29) is 6.04 Å². The van der Waals surface area contributed by atoms with E-state index in [1.54, 1.807) is 6.33 Å². The smallest absolute Gasteiger partial charge is 0.122 e. The highest BCUT2D eigenvalue weighted by Gasteiger charge is 2.06. The van der Waals surface area contributed by atoms with Crippen LogP contribution in [0, 0.1) is 6.92 Å². The third-order valence-corrected chi connectivity index (χ3v) is 1.99. The van der Waals surface area contributed by atoms with Crippen LogP contribution < -0.4 is 0 Å².